The summed E-state index contributed by atoms with van der Waals surface area (Å²) in [4.78, 5) is 11.4. The number of esters is 1. The summed E-state index contributed by atoms with van der Waals surface area (Å²) in [6.07, 6.45) is 0.692. The molecule has 6 heteroatoms. The summed E-state index contributed by atoms with van der Waals surface area (Å²) in [6, 6.07) is 4.94. The van der Waals surface area contributed by atoms with Gasteiger partial charge in [0.05, 0.1) is 12.5 Å². The minimum absolute atomic E-state index is 0. The van der Waals surface area contributed by atoms with Crippen molar-refractivity contribution in [3.8, 4) is 0 Å². The van der Waals surface area contributed by atoms with Gasteiger partial charge in [0.1, 0.15) is 5.82 Å². The van der Waals surface area contributed by atoms with E-state index in [1.807, 2.05) is 0 Å². The number of halogens is 2. The van der Waals surface area contributed by atoms with E-state index in [1.54, 1.807) is 19.1 Å². The van der Waals surface area contributed by atoms with Crippen molar-refractivity contribution in [1.29, 1.82) is 0 Å². The Kier molecular flexibility index (Phi) is 9.66. The zero-order valence-corrected chi connectivity index (χ0v) is 11.9. The largest absolute Gasteiger partial charge is 1.00 e. The van der Waals surface area contributed by atoms with E-state index < -0.39 is 0 Å². The Morgan fingerprint density at radius 1 is 1.53 bits per heavy atom. The van der Waals surface area contributed by atoms with E-state index in [1.165, 1.54) is 6.07 Å². The van der Waals surface area contributed by atoms with Crippen molar-refractivity contribution in [2.24, 2.45) is 5.92 Å². The Morgan fingerprint density at radius 3 is 2.68 bits per heavy atom. The van der Waals surface area contributed by atoms with Crippen molar-refractivity contribution >= 4 is 21.9 Å². The first-order valence-electron chi connectivity index (χ1n) is 5.25. The first-order chi connectivity index (χ1) is 7.63. The van der Waals surface area contributed by atoms with E-state index >= 15 is 0 Å². The Bertz CT molecular complexity index is 428. The number of carbonyl (C=O) groups excluding carboxylic acids is 1. The van der Waals surface area contributed by atoms with E-state index in [-0.39, 0.29) is 55.4 Å². The van der Waals surface area contributed by atoms with Gasteiger partial charge >= 0.3 is 24.8 Å². The third kappa shape index (κ3) is 4.92. The molecule has 0 unspecified atom stereocenters. The molecule has 2 atom stereocenters. The second-order valence-electron chi connectivity index (χ2n) is 3.87. The molecule has 1 aliphatic carbocycles. The second kappa shape index (κ2) is 8.75. The van der Waals surface area contributed by atoms with Crippen molar-refractivity contribution in [2.45, 2.75) is 26.7 Å². The van der Waals surface area contributed by atoms with Crippen molar-refractivity contribution in [1.82, 2.24) is 0 Å². The Labute approximate surface area is 133 Å². The Hall–Kier alpha value is -0.343. The van der Waals surface area contributed by atoms with Crippen LogP contribution in [0.25, 0.3) is 0 Å². The third-order valence-electron chi connectivity index (χ3n) is 2.74. The van der Waals surface area contributed by atoms with Crippen LogP contribution in [0.3, 0.4) is 0 Å². The topological polar surface area (TPSA) is 56.3 Å². The summed E-state index contributed by atoms with van der Waals surface area (Å²) >= 11 is 3.20. The minimum Gasteiger partial charge on any atom is -0.870 e. The predicted molar refractivity (Wildman–Crippen MR) is 70.2 cm³/mol. The first kappa shape index (κ1) is 21.0. The van der Waals surface area contributed by atoms with Gasteiger partial charge in [0.25, 0.3) is 0 Å². The fraction of sp³-hybridized carbons (Fsp3) is 0.462. The number of hydrogen-bond donors (Lipinski definition) is 0. The molecular formula is C13H17BrFLiO3. The van der Waals surface area contributed by atoms with Crippen LogP contribution in [0.5, 0.6) is 0 Å². The van der Waals surface area contributed by atoms with E-state index in [9.17, 15) is 9.18 Å². The van der Waals surface area contributed by atoms with Crippen molar-refractivity contribution in [2.75, 3.05) is 6.61 Å². The SMILES string of the molecule is C.CCOC(=O)[C@@H]1C[C@H]1c1ccc(Br)cc1F.[Li+].[OH-]. The summed E-state index contributed by atoms with van der Waals surface area (Å²) in [7, 11) is 0. The van der Waals surface area contributed by atoms with E-state index in [0.29, 0.717) is 23.1 Å². The molecular weight excluding hydrogens is 310 g/mol. The minimum atomic E-state index is -0.258. The van der Waals surface area contributed by atoms with Gasteiger partial charge in [-0.25, -0.2) is 4.39 Å². The molecule has 0 aliphatic heterocycles. The van der Waals surface area contributed by atoms with Gasteiger partial charge in [-0.1, -0.05) is 29.4 Å². The van der Waals surface area contributed by atoms with Gasteiger partial charge in [-0.3, -0.25) is 4.79 Å². The molecule has 0 aromatic heterocycles. The maximum absolute atomic E-state index is 13.6. The van der Waals surface area contributed by atoms with Crippen LogP contribution in [0.2, 0.25) is 0 Å². The molecule has 1 aromatic carbocycles. The van der Waals surface area contributed by atoms with Gasteiger partial charge in [-0.2, -0.15) is 0 Å². The maximum Gasteiger partial charge on any atom is 1.00 e. The normalized spacial score (nSPS) is 19.3. The average Bonchev–Trinajstić information content (AvgIpc) is 2.98. The van der Waals surface area contributed by atoms with Crippen LogP contribution in [0, 0.1) is 11.7 Å². The Morgan fingerprint density at radius 2 is 2.16 bits per heavy atom. The number of hydrogen-bond acceptors (Lipinski definition) is 3. The summed E-state index contributed by atoms with van der Waals surface area (Å²) < 4.78 is 19.2. The maximum atomic E-state index is 13.6. The fourth-order valence-electron chi connectivity index (χ4n) is 1.85. The number of carbonyl (C=O) groups is 1. The van der Waals surface area contributed by atoms with Gasteiger partial charge in [0.2, 0.25) is 0 Å². The predicted octanol–water partition coefficient (Wildman–Crippen LogP) is 0.718. The molecule has 2 rings (SSSR count). The molecule has 3 nitrogen and oxygen atoms in total. The molecule has 1 fully saturated rings. The molecule has 0 bridgehead atoms. The zero-order chi connectivity index (χ0) is 11.7. The van der Waals surface area contributed by atoms with Crippen LogP contribution in [0.1, 0.15) is 32.3 Å². The van der Waals surface area contributed by atoms with Crippen LogP contribution in [-0.2, 0) is 9.53 Å². The number of ether oxygens (including phenoxy) is 1. The zero-order valence-electron chi connectivity index (χ0n) is 10.3. The molecule has 0 radical (unpaired) electrons. The van der Waals surface area contributed by atoms with Crippen LogP contribution in [0.4, 0.5) is 4.39 Å². The quantitative estimate of drug-likeness (QED) is 0.607. The third-order valence-corrected chi connectivity index (χ3v) is 3.24. The molecule has 19 heavy (non-hydrogen) atoms. The average molecular weight is 327 g/mol. The van der Waals surface area contributed by atoms with Gasteiger partial charge in [-0.05, 0) is 31.0 Å². The molecule has 1 aliphatic rings. The molecule has 1 saturated carbocycles. The van der Waals surface area contributed by atoms with Crippen LogP contribution < -0.4 is 18.9 Å². The standard InChI is InChI=1S/C12H12BrFO2.CH4.Li.H2O/c1-2-16-12(15)10-6-9(10)8-4-3-7(13)5-11(8)14;;;/h3-5,9-10H,2,6H2,1H3;1H4;;1H2/q;;+1;/p-1/t9-,10+;;;/m0.../s1. The van der Waals surface area contributed by atoms with Crippen molar-refractivity contribution < 1.29 is 38.3 Å². The van der Waals surface area contributed by atoms with Gasteiger partial charge in [0.15, 0.2) is 0 Å². The van der Waals surface area contributed by atoms with Gasteiger partial charge in [-0.15, -0.1) is 0 Å². The molecule has 0 heterocycles. The smallest absolute Gasteiger partial charge is 0.870 e. The summed E-state index contributed by atoms with van der Waals surface area (Å²) in [5.41, 5.74) is 0.612. The van der Waals surface area contributed by atoms with Crippen LogP contribution in [-0.4, -0.2) is 18.1 Å². The van der Waals surface area contributed by atoms with Gasteiger partial charge in [0, 0.05) is 10.4 Å². The summed E-state index contributed by atoms with van der Waals surface area (Å²) in [5.74, 6) is -0.635. The molecule has 0 saturated heterocycles. The van der Waals surface area contributed by atoms with E-state index in [0.717, 1.165) is 0 Å². The van der Waals surface area contributed by atoms with E-state index in [2.05, 4.69) is 15.9 Å². The first-order valence-corrected chi connectivity index (χ1v) is 6.04. The molecule has 1 N–H and O–H groups in total. The van der Waals surface area contributed by atoms with Crippen molar-refractivity contribution in [3.63, 3.8) is 0 Å². The Balaban J connectivity index is 0. The monoisotopic (exact) mass is 326 g/mol. The van der Waals surface area contributed by atoms with Crippen LogP contribution >= 0.6 is 15.9 Å². The molecule has 1 aromatic rings. The second-order valence-corrected chi connectivity index (χ2v) is 4.78. The summed E-state index contributed by atoms with van der Waals surface area (Å²) in [5, 5.41) is 0. The fourth-order valence-corrected chi connectivity index (χ4v) is 2.18. The van der Waals surface area contributed by atoms with E-state index in [4.69, 9.17) is 4.74 Å². The van der Waals surface area contributed by atoms with Crippen molar-refractivity contribution in [3.05, 3.63) is 34.1 Å². The summed E-state index contributed by atoms with van der Waals surface area (Å²) in [6.45, 7) is 2.15. The molecule has 0 spiro atoms. The molecule has 102 valence electrons. The molecule has 0 amide bonds. The van der Waals surface area contributed by atoms with Gasteiger partial charge < -0.3 is 10.2 Å². The van der Waals surface area contributed by atoms with Crippen LogP contribution in [0.15, 0.2) is 22.7 Å². The number of rotatable bonds is 3. The number of benzene rings is 1.